The molecule has 0 unspecified atom stereocenters. The van der Waals surface area contributed by atoms with E-state index in [0.29, 0.717) is 18.6 Å². The number of phenolic OH excluding ortho intramolecular Hbond substituents is 1. The Morgan fingerprint density at radius 1 is 1.56 bits per heavy atom. The van der Waals surface area contributed by atoms with Gasteiger partial charge in [-0.25, -0.2) is 0 Å². The summed E-state index contributed by atoms with van der Waals surface area (Å²) < 4.78 is 5.08. The molecule has 1 aromatic carbocycles. The van der Waals surface area contributed by atoms with Crippen LogP contribution in [0.15, 0.2) is 30.9 Å². The zero-order valence-corrected chi connectivity index (χ0v) is 10.0. The van der Waals surface area contributed by atoms with E-state index in [1.165, 1.54) is 0 Å². The van der Waals surface area contributed by atoms with Crippen molar-refractivity contribution >= 4 is 18.3 Å². The van der Waals surface area contributed by atoms with Gasteiger partial charge in [0.2, 0.25) is 5.90 Å². The van der Waals surface area contributed by atoms with Crippen LogP contribution in [0, 0.1) is 5.41 Å². The number of aromatic hydroxyl groups is 1. The lowest BCUT2D eigenvalue weighted by molar-refractivity contribution is 0.325. The van der Waals surface area contributed by atoms with Crippen LogP contribution in [0.25, 0.3) is 0 Å². The summed E-state index contributed by atoms with van der Waals surface area (Å²) in [5, 5.41) is 17.1. The maximum Gasteiger partial charge on any atom is 0.213 e. The molecule has 0 aliphatic carbocycles. The summed E-state index contributed by atoms with van der Waals surface area (Å²) in [5.74, 6) is 0.353. The molecule has 0 bridgehead atoms. The molecule has 4 heteroatoms. The Hall–Kier alpha value is -1.48. The molecule has 2 N–H and O–H groups in total. The highest BCUT2D eigenvalue weighted by atomic mass is 35.5. The zero-order valence-electron chi connectivity index (χ0n) is 9.19. The quantitative estimate of drug-likeness (QED) is 0.484. The van der Waals surface area contributed by atoms with Crippen molar-refractivity contribution in [3.8, 4) is 5.75 Å². The van der Waals surface area contributed by atoms with Gasteiger partial charge in [-0.05, 0) is 37.1 Å². The lowest BCUT2D eigenvalue weighted by Crippen LogP contribution is -2.05. The van der Waals surface area contributed by atoms with Crippen molar-refractivity contribution in [2.24, 2.45) is 0 Å². The third-order valence-corrected chi connectivity index (χ3v) is 1.99. The molecule has 0 amide bonds. The van der Waals surface area contributed by atoms with E-state index in [4.69, 9.17) is 10.1 Å². The Morgan fingerprint density at radius 2 is 2.25 bits per heavy atom. The van der Waals surface area contributed by atoms with Gasteiger partial charge in [-0.2, -0.15) is 0 Å². The fourth-order valence-electron chi connectivity index (χ4n) is 1.27. The van der Waals surface area contributed by atoms with Crippen molar-refractivity contribution in [2.75, 3.05) is 6.61 Å². The number of ether oxygens (including phenoxy) is 1. The molecule has 0 fully saturated rings. The number of hydrogen-bond acceptors (Lipinski definition) is 3. The minimum Gasteiger partial charge on any atom is -0.508 e. The maximum atomic E-state index is 9.52. The first-order chi connectivity index (χ1) is 7.19. The summed E-state index contributed by atoms with van der Waals surface area (Å²) in [7, 11) is 0. The van der Waals surface area contributed by atoms with Crippen molar-refractivity contribution in [1.29, 1.82) is 5.41 Å². The van der Waals surface area contributed by atoms with E-state index in [2.05, 4.69) is 6.58 Å². The standard InChI is InChI=1S/C12H15NO2.ClH/c1-3-5-9-8-10(6-7-11(9)14)12(13)15-4-2;/h3,6-8,13-14H,1,4-5H2,2H3;1H. The predicted molar refractivity (Wildman–Crippen MR) is 67.7 cm³/mol. The lowest BCUT2D eigenvalue weighted by Gasteiger charge is -2.07. The number of rotatable bonds is 4. The Balaban J connectivity index is 0.00000225. The zero-order chi connectivity index (χ0) is 11.3. The van der Waals surface area contributed by atoms with E-state index < -0.39 is 0 Å². The number of phenols is 1. The van der Waals surface area contributed by atoms with Crippen LogP contribution >= 0.6 is 12.4 Å². The number of allylic oxidation sites excluding steroid dienone is 1. The summed E-state index contributed by atoms with van der Waals surface area (Å²) in [5.41, 5.74) is 1.43. The van der Waals surface area contributed by atoms with Gasteiger partial charge in [-0.1, -0.05) is 6.08 Å². The van der Waals surface area contributed by atoms with E-state index in [0.717, 1.165) is 5.56 Å². The summed E-state index contributed by atoms with van der Waals surface area (Å²) in [6, 6.07) is 4.98. The van der Waals surface area contributed by atoms with E-state index in [1.54, 1.807) is 24.3 Å². The topological polar surface area (TPSA) is 53.3 Å². The Labute approximate surface area is 102 Å². The van der Waals surface area contributed by atoms with Gasteiger partial charge in [0.25, 0.3) is 0 Å². The molecule has 0 aliphatic rings. The van der Waals surface area contributed by atoms with Gasteiger partial charge in [-0.15, -0.1) is 19.0 Å². The second-order valence-electron chi connectivity index (χ2n) is 3.10. The molecular weight excluding hydrogens is 226 g/mol. The second-order valence-corrected chi connectivity index (χ2v) is 3.10. The Kier molecular flexibility index (Phi) is 6.27. The monoisotopic (exact) mass is 241 g/mol. The number of hydrogen-bond donors (Lipinski definition) is 2. The van der Waals surface area contributed by atoms with Gasteiger partial charge >= 0.3 is 0 Å². The average Bonchev–Trinajstić information content (AvgIpc) is 2.22. The average molecular weight is 242 g/mol. The van der Waals surface area contributed by atoms with Crippen molar-refractivity contribution in [3.05, 3.63) is 42.0 Å². The SMILES string of the molecule is C=CCc1cc(C(=N)OCC)ccc1O.Cl. The Bertz CT molecular complexity index is 377. The molecule has 0 atom stereocenters. The molecule has 16 heavy (non-hydrogen) atoms. The molecule has 1 aromatic rings. The molecule has 3 nitrogen and oxygen atoms in total. The highest BCUT2D eigenvalue weighted by molar-refractivity contribution is 5.92. The van der Waals surface area contributed by atoms with Gasteiger partial charge in [0.1, 0.15) is 5.75 Å². The van der Waals surface area contributed by atoms with E-state index in [-0.39, 0.29) is 24.1 Å². The molecule has 0 spiro atoms. The third-order valence-electron chi connectivity index (χ3n) is 1.99. The molecule has 88 valence electrons. The first-order valence-electron chi connectivity index (χ1n) is 4.83. The van der Waals surface area contributed by atoms with Gasteiger partial charge < -0.3 is 9.84 Å². The summed E-state index contributed by atoms with van der Waals surface area (Å²) in [4.78, 5) is 0. The predicted octanol–water partition coefficient (Wildman–Crippen LogP) is 2.90. The van der Waals surface area contributed by atoms with Crippen molar-refractivity contribution in [3.63, 3.8) is 0 Å². The van der Waals surface area contributed by atoms with Crippen LogP contribution < -0.4 is 0 Å². The molecule has 0 saturated carbocycles. The molecule has 1 rings (SSSR count). The van der Waals surface area contributed by atoms with Crippen molar-refractivity contribution < 1.29 is 9.84 Å². The maximum absolute atomic E-state index is 9.52. The highest BCUT2D eigenvalue weighted by Crippen LogP contribution is 2.19. The molecule has 0 saturated heterocycles. The molecule has 0 radical (unpaired) electrons. The minimum absolute atomic E-state index is 0. The van der Waals surface area contributed by atoms with Gasteiger partial charge in [-0.3, -0.25) is 5.41 Å². The number of nitrogens with one attached hydrogen (secondary N) is 1. The largest absolute Gasteiger partial charge is 0.508 e. The smallest absolute Gasteiger partial charge is 0.213 e. The van der Waals surface area contributed by atoms with Gasteiger partial charge in [0.15, 0.2) is 0 Å². The molecular formula is C12H16ClNO2. The summed E-state index contributed by atoms with van der Waals surface area (Å²) in [6.45, 7) is 5.91. The molecule has 0 aliphatic heterocycles. The Morgan fingerprint density at radius 3 is 2.81 bits per heavy atom. The molecule has 0 aromatic heterocycles. The van der Waals surface area contributed by atoms with Crippen LogP contribution in [-0.2, 0) is 11.2 Å². The van der Waals surface area contributed by atoms with Crippen LogP contribution in [0.4, 0.5) is 0 Å². The van der Waals surface area contributed by atoms with Crippen LogP contribution in [0.2, 0.25) is 0 Å². The normalized spacial score (nSPS) is 9.06. The fraction of sp³-hybridized carbons (Fsp3) is 0.250. The van der Waals surface area contributed by atoms with E-state index >= 15 is 0 Å². The first-order valence-corrected chi connectivity index (χ1v) is 4.83. The minimum atomic E-state index is 0. The summed E-state index contributed by atoms with van der Waals surface area (Å²) in [6.07, 6.45) is 2.29. The second kappa shape index (κ2) is 6.90. The number of benzene rings is 1. The van der Waals surface area contributed by atoms with Crippen LogP contribution in [0.3, 0.4) is 0 Å². The van der Waals surface area contributed by atoms with Gasteiger partial charge in [0.05, 0.1) is 6.61 Å². The van der Waals surface area contributed by atoms with E-state index in [1.807, 2.05) is 6.92 Å². The van der Waals surface area contributed by atoms with Crippen molar-refractivity contribution in [1.82, 2.24) is 0 Å². The third kappa shape index (κ3) is 3.59. The fourth-order valence-corrected chi connectivity index (χ4v) is 1.27. The lowest BCUT2D eigenvalue weighted by atomic mass is 10.1. The van der Waals surface area contributed by atoms with Gasteiger partial charge in [0, 0.05) is 5.56 Å². The van der Waals surface area contributed by atoms with Crippen LogP contribution in [0.1, 0.15) is 18.1 Å². The van der Waals surface area contributed by atoms with Crippen molar-refractivity contribution in [2.45, 2.75) is 13.3 Å². The van der Waals surface area contributed by atoms with Crippen LogP contribution in [0.5, 0.6) is 5.75 Å². The van der Waals surface area contributed by atoms with Crippen LogP contribution in [-0.4, -0.2) is 17.6 Å². The van der Waals surface area contributed by atoms with E-state index in [9.17, 15) is 5.11 Å². The first kappa shape index (κ1) is 14.5. The number of halogens is 1. The highest BCUT2D eigenvalue weighted by Gasteiger charge is 2.05. The summed E-state index contributed by atoms with van der Waals surface area (Å²) >= 11 is 0. The molecule has 0 heterocycles.